The molecule has 1 aromatic heterocycles. The number of anilines is 1. The average molecular weight is 482 g/mol. The molecular weight excluding hydrogens is 458 g/mol. The summed E-state index contributed by atoms with van der Waals surface area (Å²) < 4.78 is 13.4. The third kappa shape index (κ3) is 4.01. The van der Waals surface area contributed by atoms with E-state index in [1.54, 1.807) is 42.2 Å². The molecule has 1 fully saturated rings. The summed E-state index contributed by atoms with van der Waals surface area (Å²) in [6, 6.07) is 8.89. The molecule has 3 aromatic rings. The molecule has 0 spiro atoms. The average Bonchev–Trinajstić information content (AvgIpc) is 2.90. The normalized spacial score (nSPS) is 14.4. The lowest BCUT2D eigenvalue weighted by molar-refractivity contribution is -0.126. The van der Waals surface area contributed by atoms with Gasteiger partial charge in [0.15, 0.2) is 17.3 Å². The molecule has 2 aliphatic heterocycles. The summed E-state index contributed by atoms with van der Waals surface area (Å²) in [4.78, 5) is 36.0. The largest absolute Gasteiger partial charge is 0.493 e. The summed E-state index contributed by atoms with van der Waals surface area (Å²) in [5.74, 6) is 8.86. The number of ether oxygens (including phenoxy) is 2. The molecule has 0 aliphatic carbocycles. The van der Waals surface area contributed by atoms with E-state index in [4.69, 9.17) is 15.9 Å². The monoisotopic (exact) mass is 481 g/mol. The fourth-order valence-electron chi connectivity index (χ4n) is 4.47. The van der Waals surface area contributed by atoms with Gasteiger partial charge in [0.2, 0.25) is 0 Å². The quantitative estimate of drug-likeness (QED) is 0.576. The second-order valence-electron chi connectivity index (χ2n) is 8.31. The Balaban J connectivity index is 1.59. The molecule has 36 heavy (non-hydrogen) atoms. The van der Waals surface area contributed by atoms with Crippen LogP contribution >= 0.6 is 0 Å². The number of amides is 1. The van der Waals surface area contributed by atoms with Crippen LogP contribution in [0.25, 0.3) is 16.6 Å². The SMILES string of the molecule is C#Cc1cccc(-n2c3c4c(cc(OC)c(OC5CCN(C(=O)C#CC)CC5)c4nc2=O)NC=N3)c1. The molecule has 3 heterocycles. The first kappa shape index (κ1) is 23.0. The first-order valence-electron chi connectivity index (χ1n) is 11.5. The lowest BCUT2D eigenvalue weighted by atomic mass is 10.1. The van der Waals surface area contributed by atoms with Crippen molar-refractivity contribution in [1.29, 1.82) is 0 Å². The van der Waals surface area contributed by atoms with Crippen LogP contribution in [-0.4, -0.2) is 53.0 Å². The highest BCUT2D eigenvalue weighted by atomic mass is 16.5. The van der Waals surface area contributed by atoms with E-state index in [1.807, 2.05) is 0 Å². The smallest absolute Gasteiger partial charge is 0.354 e. The number of terminal acetylenes is 1. The van der Waals surface area contributed by atoms with Gasteiger partial charge in [-0.2, -0.15) is 4.98 Å². The van der Waals surface area contributed by atoms with Gasteiger partial charge in [-0.05, 0) is 31.0 Å². The molecule has 180 valence electrons. The van der Waals surface area contributed by atoms with Crippen molar-refractivity contribution < 1.29 is 14.3 Å². The van der Waals surface area contributed by atoms with Crippen LogP contribution in [0.5, 0.6) is 11.5 Å². The van der Waals surface area contributed by atoms with Gasteiger partial charge in [0.1, 0.15) is 11.6 Å². The van der Waals surface area contributed by atoms with Crippen molar-refractivity contribution in [2.75, 3.05) is 25.5 Å². The van der Waals surface area contributed by atoms with E-state index in [0.29, 0.717) is 71.1 Å². The first-order valence-corrected chi connectivity index (χ1v) is 11.5. The van der Waals surface area contributed by atoms with E-state index in [9.17, 15) is 9.59 Å². The van der Waals surface area contributed by atoms with Gasteiger partial charge < -0.3 is 19.7 Å². The molecule has 2 aromatic carbocycles. The fourth-order valence-corrected chi connectivity index (χ4v) is 4.47. The van der Waals surface area contributed by atoms with Gasteiger partial charge in [-0.1, -0.05) is 17.9 Å². The van der Waals surface area contributed by atoms with Gasteiger partial charge in [0.25, 0.3) is 5.91 Å². The maximum atomic E-state index is 13.3. The number of piperidine rings is 1. The van der Waals surface area contributed by atoms with Gasteiger partial charge >= 0.3 is 5.69 Å². The number of methoxy groups -OCH3 is 1. The standard InChI is InChI=1S/C27H23N5O4/c1-4-7-22(33)31-12-10-19(11-13-31)36-25-21(35-3)15-20-23-24(25)30-27(34)32(26(23)29-16-28-20)18-9-6-8-17(5-2)14-18/h2,6,8-9,14-16,19H,10-13H2,1,3H3,(H,28,29). The number of nitrogens with one attached hydrogen (secondary N) is 1. The predicted octanol–water partition coefficient (Wildman–Crippen LogP) is 2.85. The summed E-state index contributed by atoms with van der Waals surface area (Å²) >= 11 is 0. The van der Waals surface area contributed by atoms with Crippen molar-refractivity contribution in [3.8, 4) is 41.4 Å². The Hall–Kier alpha value is -4.76. The number of rotatable bonds is 4. The molecule has 0 bridgehead atoms. The molecule has 1 saturated heterocycles. The number of nitrogens with zero attached hydrogens (tertiary/aromatic N) is 4. The van der Waals surface area contributed by atoms with Crippen LogP contribution in [0.2, 0.25) is 0 Å². The maximum absolute atomic E-state index is 13.3. The van der Waals surface area contributed by atoms with Crippen LogP contribution in [-0.2, 0) is 4.79 Å². The van der Waals surface area contributed by atoms with Crippen molar-refractivity contribution in [1.82, 2.24) is 14.5 Å². The van der Waals surface area contributed by atoms with Crippen LogP contribution in [0, 0.1) is 24.2 Å². The second-order valence-corrected chi connectivity index (χ2v) is 8.31. The number of aromatic nitrogens is 2. The Kier molecular flexibility index (Phi) is 6.05. The first-order chi connectivity index (χ1) is 17.5. The van der Waals surface area contributed by atoms with Gasteiger partial charge in [-0.25, -0.2) is 14.4 Å². The van der Waals surface area contributed by atoms with Crippen LogP contribution in [0.1, 0.15) is 25.3 Å². The molecular formula is C27H23N5O4. The molecule has 9 nitrogen and oxygen atoms in total. The minimum atomic E-state index is -0.520. The predicted molar refractivity (Wildman–Crippen MR) is 137 cm³/mol. The Morgan fingerprint density at radius 1 is 1.25 bits per heavy atom. The number of likely N-dealkylation sites (tertiary alicyclic amines) is 1. The molecule has 1 amide bonds. The van der Waals surface area contributed by atoms with Crippen molar-refractivity contribution in [2.24, 2.45) is 4.99 Å². The molecule has 1 N–H and O–H groups in total. The lowest BCUT2D eigenvalue weighted by Crippen LogP contribution is -2.41. The van der Waals surface area contributed by atoms with Gasteiger partial charge in [-0.3, -0.25) is 4.79 Å². The number of carbonyl (C=O) groups is 1. The summed E-state index contributed by atoms with van der Waals surface area (Å²) in [5.41, 5.74) is 1.72. The van der Waals surface area contributed by atoms with E-state index >= 15 is 0 Å². The van der Waals surface area contributed by atoms with E-state index in [-0.39, 0.29) is 12.0 Å². The Morgan fingerprint density at radius 3 is 2.78 bits per heavy atom. The fraction of sp³-hybridized carbons (Fsp3) is 0.259. The third-order valence-corrected chi connectivity index (χ3v) is 6.20. The van der Waals surface area contributed by atoms with Crippen LogP contribution in [0.15, 0.2) is 40.1 Å². The zero-order valence-electron chi connectivity index (χ0n) is 19.9. The Labute approximate surface area is 207 Å². The zero-order chi connectivity index (χ0) is 25.2. The minimum absolute atomic E-state index is 0.185. The van der Waals surface area contributed by atoms with Crippen molar-refractivity contribution in [2.45, 2.75) is 25.9 Å². The summed E-state index contributed by atoms with van der Waals surface area (Å²) in [6.45, 7) is 2.70. The molecule has 0 saturated carbocycles. The summed E-state index contributed by atoms with van der Waals surface area (Å²) in [7, 11) is 1.54. The molecule has 2 aliphatic rings. The Bertz CT molecular complexity index is 1560. The molecule has 0 radical (unpaired) electrons. The van der Waals surface area contributed by atoms with Crippen molar-refractivity contribution in [3.05, 3.63) is 46.4 Å². The van der Waals surface area contributed by atoms with E-state index in [0.717, 1.165) is 0 Å². The molecule has 9 heteroatoms. The topological polar surface area (TPSA) is 98.0 Å². The number of hydrogen-bond donors (Lipinski definition) is 1. The Morgan fingerprint density at radius 2 is 2.06 bits per heavy atom. The van der Waals surface area contributed by atoms with E-state index in [1.165, 1.54) is 18.0 Å². The lowest BCUT2D eigenvalue weighted by Gasteiger charge is -2.31. The highest BCUT2D eigenvalue weighted by Crippen LogP contribution is 2.44. The van der Waals surface area contributed by atoms with Crippen molar-refractivity contribution >= 4 is 34.7 Å². The van der Waals surface area contributed by atoms with Crippen LogP contribution in [0.4, 0.5) is 11.5 Å². The van der Waals surface area contributed by atoms with Crippen LogP contribution in [0.3, 0.4) is 0 Å². The van der Waals surface area contributed by atoms with Crippen molar-refractivity contribution in [3.63, 3.8) is 0 Å². The van der Waals surface area contributed by atoms with Gasteiger partial charge in [-0.15, -0.1) is 6.42 Å². The zero-order valence-corrected chi connectivity index (χ0v) is 19.9. The maximum Gasteiger partial charge on any atom is 0.354 e. The van der Waals surface area contributed by atoms with E-state index in [2.05, 4.69) is 33.1 Å². The van der Waals surface area contributed by atoms with Crippen LogP contribution < -0.4 is 20.5 Å². The summed E-state index contributed by atoms with van der Waals surface area (Å²) in [6.07, 6.45) is 8.12. The number of carbonyl (C=O) groups excluding carboxylic acids is 1. The molecule has 0 unspecified atom stereocenters. The molecule has 5 rings (SSSR count). The highest BCUT2D eigenvalue weighted by molar-refractivity contribution is 6.09. The number of hydrogen-bond acceptors (Lipinski definition) is 7. The van der Waals surface area contributed by atoms with Gasteiger partial charge in [0, 0.05) is 37.6 Å². The highest BCUT2D eigenvalue weighted by Gasteiger charge is 2.28. The second kappa shape index (κ2) is 9.47. The number of benzene rings is 2. The van der Waals surface area contributed by atoms with E-state index < -0.39 is 5.69 Å². The third-order valence-electron chi connectivity index (χ3n) is 6.20. The minimum Gasteiger partial charge on any atom is -0.493 e. The molecule has 0 atom stereocenters. The van der Waals surface area contributed by atoms with Gasteiger partial charge in [0.05, 0.1) is 30.2 Å². The summed E-state index contributed by atoms with van der Waals surface area (Å²) in [5, 5.41) is 3.74. The number of aliphatic imine (C=N–C) groups is 1.